The normalized spacial score (nSPS) is 24.9. The van der Waals surface area contributed by atoms with E-state index in [4.69, 9.17) is 0 Å². The molecule has 2 aliphatic heterocycles. The van der Waals surface area contributed by atoms with Gasteiger partial charge in [-0.2, -0.15) is 0 Å². The Balaban J connectivity index is 1.38. The molecule has 3 aliphatic rings. The zero-order valence-corrected chi connectivity index (χ0v) is 18.1. The minimum absolute atomic E-state index is 0.000616. The first kappa shape index (κ1) is 19.9. The van der Waals surface area contributed by atoms with Gasteiger partial charge in [-0.05, 0) is 56.4 Å². The molecule has 152 valence electrons. The lowest BCUT2D eigenvalue weighted by molar-refractivity contribution is -0.139. The van der Waals surface area contributed by atoms with E-state index in [9.17, 15) is 18.0 Å². The lowest BCUT2D eigenvalue weighted by atomic mass is 9.94. The summed E-state index contributed by atoms with van der Waals surface area (Å²) in [6.07, 6.45) is 3.80. The quantitative estimate of drug-likeness (QED) is 0.679. The van der Waals surface area contributed by atoms with Crippen molar-refractivity contribution in [3.63, 3.8) is 0 Å². The molecule has 2 heterocycles. The largest absolute Gasteiger partial charge is 0.339 e. The number of nitrogens with zero attached hydrogens (tertiary/aromatic N) is 2. The van der Waals surface area contributed by atoms with Gasteiger partial charge in [-0.25, -0.2) is 8.42 Å². The summed E-state index contributed by atoms with van der Waals surface area (Å²) >= 11 is 3.37. The minimum Gasteiger partial charge on any atom is -0.339 e. The average Bonchev–Trinajstić information content (AvgIpc) is 3.45. The smallest absolute Gasteiger partial charge is 0.253 e. The van der Waals surface area contributed by atoms with Gasteiger partial charge in [0.2, 0.25) is 5.91 Å². The second-order valence-electron chi connectivity index (χ2n) is 8.11. The third kappa shape index (κ3) is 4.27. The Morgan fingerprint density at radius 3 is 2.14 bits per heavy atom. The number of benzene rings is 1. The maximum Gasteiger partial charge on any atom is 0.253 e. The van der Waals surface area contributed by atoms with Crippen molar-refractivity contribution in [2.75, 3.05) is 24.6 Å². The molecule has 2 saturated heterocycles. The van der Waals surface area contributed by atoms with E-state index in [1.807, 2.05) is 21.9 Å². The van der Waals surface area contributed by atoms with Gasteiger partial charge in [0.1, 0.15) is 0 Å². The number of hydrogen-bond donors (Lipinski definition) is 0. The monoisotopic (exact) mass is 468 g/mol. The molecule has 1 aromatic rings. The highest BCUT2D eigenvalue weighted by molar-refractivity contribution is 9.10. The van der Waals surface area contributed by atoms with E-state index in [1.54, 1.807) is 12.1 Å². The summed E-state index contributed by atoms with van der Waals surface area (Å²) in [6.45, 7) is 1.12. The van der Waals surface area contributed by atoms with Crippen LogP contribution in [0, 0.1) is 5.92 Å². The number of piperidine rings is 1. The van der Waals surface area contributed by atoms with E-state index in [1.165, 1.54) is 0 Å². The van der Waals surface area contributed by atoms with Gasteiger partial charge in [-0.1, -0.05) is 15.9 Å². The average molecular weight is 469 g/mol. The Morgan fingerprint density at radius 1 is 0.964 bits per heavy atom. The highest BCUT2D eigenvalue weighted by atomic mass is 79.9. The topological polar surface area (TPSA) is 74.8 Å². The highest BCUT2D eigenvalue weighted by Crippen LogP contribution is 2.35. The lowest BCUT2D eigenvalue weighted by Crippen LogP contribution is -2.49. The van der Waals surface area contributed by atoms with Crippen molar-refractivity contribution in [2.24, 2.45) is 5.92 Å². The Morgan fingerprint density at radius 2 is 1.61 bits per heavy atom. The molecule has 6 nitrogen and oxygen atoms in total. The predicted octanol–water partition coefficient (Wildman–Crippen LogP) is 2.48. The summed E-state index contributed by atoms with van der Waals surface area (Å²) in [5.74, 6) is 0.280. The van der Waals surface area contributed by atoms with Crippen molar-refractivity contribution < 1.29 is 18.0 Å². The van der Waals surface area contributed by atoms with Crippen LogP contribution in [0.1, 0.15) is 42.5 Å². The molecule has 1 aromatic carbocycles. The number of sulfone groups is 1. The van der Waals surface area contributed by atoms with E-state index < -0.39 is 9.84 Å². The molecule has 1 unspecified atom stereocenters. The molecule has 0 radical (unpaired) electrons. The van der Waals surface area contributed by atoms with Crippen molar-refractivity contribution >= 4 is 37.6 Å². The van der Waals surface area contributed by atoms with Gasteiger partial charge >= 0.3 is 0 Å². The maximum atomic E-state index is 13.2. The predicted molar refractivity (Wildman–Crippen MR) is 110 cm³/mol. The molecular weight excluding hydrogens is 444 g/mol. The lowest BCUT2D eigenvalue weighted by Gasteiger charge is -2.36. The first-order chi connectivity index (χ1) is 13.3. The SMILES string of the molecule is O=C(c1ccc(Br)cc1)N1CCC(C(=O)N(C2CC2)C2CCS(=O)(=O)C2)CC1. The standard InChI is InChI=1S/C20H25BrN2O4S/c21-16-3-1-14(2-4-16)19(24)22-10-7-15(8-11-22)20(25)23(17-5-6-17)18-9-12-28(26,27)13-18/h1-4,15,17-18H,5-13H2. The van der Waals surface area contributed by atoms with Gasteiger partial charge in [0.25, 0.3) is 5.91 Å². The van der Waals surface area contributed by atoms with Crippen LogP contribution in [0.4, 0.5) is 0 Å². The molecule has 0 aromatic heterocycles. The summed E-state index contributed by atoms with van der Waals surface area (Å²) < 4.78 is 24.7. The Kier molecular flexibility index (Phi) is 5.53. The van der Waals surface area contributed by atoms with Crippen molar-refractivity contribution in [3.8, 4) is 0 Å². The third-order valence-electron chi connectivity index (χ3n) is 6.02. The molecule has 1 atom stereocenters. The van der Waals surface area contributed by atoms with Gasteiger partial charge in [0.15, 0.2) is 9.84 Å². The number of carbonyl (C=O) groups is 2. The first-order valence-corrected chi connectivity index (χ1v) is 12.5. The van der Waals surface area contributed by atoms with Crippen LogP contribution in [0.25, 0.3) is 0 Å². The van der Waals surface area contributed by atoms with E-state index in [0.717, 1.165) is 17.3 Å². The van der Waals surface area contributed by atoms with Crippen molar-refractivity contribution in [2.45, 2.75) is 44.2 Å². The van der Waals surface area contributed by atoms with Gasteiger partial charge in [0, 0.05) is 41.1 Å². The van der Waals surface area contributed by atoms with Crippen LogP contribution >= 0.6 is 15.9 Å². The van der Waals surface area contributed by atoms with Crippen molar-refractivity contribution in [1.82, 2.24) is 9.80 Å². The summed E-state index contributed by atoms with van der Waals surface area (Å²) in [5, 5.41) is 0. The third-order valence-corrected chi connectivity index (χ3v) is 8.30. The summed E-state index contributed by atoms with van der Waals surface area (Å²) in [5.41, 5.74) is 0.656. The molecule has 1 saturated carbocycles. The number of likely N-dealkylation sites (tertiary alicyclic amines) is 1. The molecule has 3 fully saturated rings. The summed E-state index contributed by atoms with van der Waals surface area (Å²) in [7, 11) is -3.01. The number of carbonyl (C=O) groups excluding carboxylic acids is 2. The minimum atomic E-state index is -3.01. The summed E-state index contributed by atoms with van der Waals surface area (Å²) in [6, 6.07) is 7.37. The number of rotatable bonds is 4. The Hall–Kier alpha value is -1.41. The molecule has 1 aliphatic carbocycles. The second kappa shape index (κ2) is 7.78. The van der Waals surface area contributed by atoms with E-state index in [2.05, 4.69) is 15.9 Å². The zero-order valence-electron chi connectivity index (χ0n) is 15.7. The number of halogens is 1. The van der Waals surface area contributed by atoms with Gasteiger partial charge in [-0.15, -0.1) is 0 Å². The van der Waals surface area contributed by atoms with E-state index in [0.29, 0.717) is 37.9 Å². The van der Waals surface area contributed by atoms with Crippen LogP contribution in [-0.4, -0.2) is 66.7 Å². The molecule has 28 heavy (non-hydrogen) atoms. The highest BCUT2D eigenvalue weighted by Gasteiger charge is 2.44. The van der Waals surface area contributed by atoms with Crippen molar-refractivity contribution in [3.05, 3.63) is 34.3 Å². The van der Waals surface area contributed by atoms with E-state index in [-0.39, 0.29) is 41.3 Å². The van der Waals surface area contributed by atoms with Gasteiger partial charge < -0.3 is 9.80 Å². The van der Waals surface area contributed by atoms with Crippen LogP contribution in [0.3, 0.4) is 0 Å². The fraction of sp³-hybridized carbons (Fsp3) is 0.600. The molecule has 0 bridgehead atoms. The first-order valence-electron chi connectivity index (χ1n) is 9.91. The van der Waals surface area contributed by atoms with Crippen LogP contribution in [-0.2, 0) is 14.6 Å². The summed E-state index contributed by atoms with van der Waals surface area (Å²) in [4.78, 5) is 29.6. The number of amides is 2. The van der Waals surface area contributed by atoms with Crippen LogP contribution in [0.5, 0.6) is 0 Å². The fourth-order valence-corrected chi connectivity index (χ4v) is 6.30. The second-order valence-corrected chi connectivity index (χ2v) is 11.3. The molecule has 2 amide bonds. The molecule has 8 heteroatoms. The molecule has 4 rings (SSSR count). The van der Waals surface area contributed by atoms with Gasteiger partial charge in [0.05, 0.1) is 11.5 Å². The fourth-order valence-electron chi connectivity index (χ4n) is 4.32. The number of hydrogen-bond acceptors (Lipinski definition) is 4. The molecule has 0 N–H and O–H groups in total. The van der Waals surface area contributed by atoms with Crippen LogP contribution in [0.2, 0.25) is 0 Å². The van der Waals surface area contributed by atoms with Crippen molar-refractivity contribution in [1.29, 1.82) is 0 Å². The van der Waals surface area contributed by atoms with Crippen LogP contribution in [0.15, 0.2) is 28.7 Å². The Bertz CT molecular complexity index is 859. The van der Waals surface area contributed by atoms with Gasteiger partial charge in [-0.3, -0.25) is 9.59 Å². The molecule has 0 spiro atoms. The molecular formula is C20H25BrN2O4S. The zero-order chi connectivity index (χ0) is 19.9. The Labute approximate surface area is 174 Å². The van der Waals surface area contributed by atoms with E-state index >= 15 is 0 Å². The van der Waals surface area contributed by atoms with Crippen LogP contribution < -0.4 is 0 Å². The maximum absolute atomic E-state index is 13.2.